The lowest BCUT2D eigenvalue weighted by Crippen LogP contribution is -2.29. The van der Waals surface area contributed by atoms with E-state index in [1.807, 2.05) is 11.8 Å². The van der Waals surface area contributed by atoms with Gasteiger partial charge in [-0.3, -0.25) is 0 Å². The summed E-state index contributed by atoms with van der Waals surface area (Å²) in [4.78, 5) is 0. The zero-order chi connectivity index (χ0) is 11.0. The highest BCUT2D eigenvalue weighted by Gasteiger charge is 2.17. The lowest BCUT2D eigenvalue weighted by atomic mass is 10.00. The van der Waals surface area contributed by atoms with Crippen molar-refractivity contribution in [3.63, 3.8) is 0 Å². The van der Waals surface area contributed by atoms with Crippen LogP contribution >= 0.6 is 11.8 Å². The first-order chi connectivity index (χ1) is 6.52. The molecular formula is C11H25NOS. The van der Waals surface area contributed by atoms with Crippen molar-refractivity contribution in [2.45, 2.75) is 51.7 Å². The molecule has 1 atom stereocenters. The van der Waals surface area contributed by atoms with Gasteiger partial charge in [-0.25, -0.2) is 0 Å². The second-order valence-corrected chi connectivity index (χ2v) is 5.49. The summed E-state index contributed by atoms with van der Waals surface area (Å²) in [6.45, 7) is 6.42. The third kappa shape index (κ3) is 7.65. The Bertz CT molecular complexity index is 139. The van der Waals surface area contributed by atoms with Gasteiger partial charge in [0.25, 0.3) is 0 Å². The van der Waals surface area contributed by atoms with E-state index < -0.39 is 0 Å². The molecule has 0 bridgehead atoms. The zero-order valence-electron chi connectivity index (χ0n) is 10.0. The van der Waals surface area contributed by atoms with Crippen LogP contribution in [0.5, 0.6) is 0 Å². The Morgan fingerprint density at radius 2 is 2.07 bits per heavy atom. The molecule has 1 unspecified atom stereocenters. The van der Waals surface area contributed by atoms with Crippen molar-refractivity contribution >= 4 is 11.8 Å². The second-order valence-electron chi connectivity index (χ2n) is 4.34. The molecule has 2 nitrogen and oxygen atoms in total. The standard InChI is InChI=1S/C11H25NOS/c1-5-8-14-9-10(12)6-7-11(2,3)13-4/h10H,5-9,12H2,1-4H3. The minimum absolute atomic E-state index is 0.0208. The monoisotopic (exact) mass is 219 g/mol. The molecule has 0 radical (unpaired) electrons. The topological polar surface area (TPSA) is 35.2 Å². The average Bonchev–Trinajstić information content (AvgIpc) is 2.16. The van der Waals surface area contributed by atoms with Gasteiger partial charge in [-0.05, 0) is 38.9 Å². The summed E-state index contributed by atoms with van der Waals surface area (Å²) in [6, 6.07) is 0.320. The van der Waals surface area contributed by atoms with Gasteiger partial charge in [0.15, 0.2) is 0 Å². The summed E-state index contributed by atoms with van der Waals surface area (Å²) in [5, 5.41) is 0. The Labute approximate surface area is 93.0 Å². The highest BCUT2D eigenvalue weighted by atomic mass is 32.2. The SMILES string of the molecule is CCCSCC(N)CCC(C)(C)OC. The minimum atomic E-state index is -0.0208. The Morgan fingerprint density at radius 3 is 2.57 bits per heavy atom. The van der Waals surface area contributed by atoms with E-state index >= 15 is 0 Å². The lowest BCUT2D eigenvalue weighted by molar-refractivity contribution is 0.0129. The molecule has 0 saturated carbocycles. The minimum Gasteiger partial charge on any atom is -0.379 e. The molecule has 2 N–H and O–H groups in total. The van der Waals surface area contributed by atoms with Crippen molar-refractivity contribution in [2.75, 3.05) is 18.6 Å². The van der Waals surface area contributed by atoms with Gasteiger partial charge in [0, 0.05) is 18.9 Å². The molecule has 0 aromatic heterocycles. The fourth-order valence-electron chi connectivity index (χ4n) is 1.10. The Balaban J connectivity index is 3.48. The summed E-state index contributed by atoms with van der Waals surface area (Å²) in [5.74, 6) is 2.30. The molecule has 0 aliphatic rings. The van der Waals surface area contributed by atoms with Crippen LogP contribution in [0.15, 0.2) is 0 Å². The highest BCUT2D eigenvalue weighted by Crippen LogP contribution is 2.17. The molecular weight excluding hydrogens is 194 g/mol. The van der Waals surface area contributed by atoms with Gasteiger partial charge in [-0.15, -0.1) is 0 Å². The predicted octanol–water partition coefficient (Wildman–Crippen LogP) is 2.66. The average molecular weight is 219 g/mol. The zero-order valence-corrected chi connectivity index (χ0v) is 10.8. The van der Waals surface area contributed by atoms with E-state index in [0.29, 0.717) is 6.04 Å². The fraction of sp³-hybridized carbons (Fsp3) is 1.00. The quantitative estimate of drug-likeness (QED) is 0.637. The summed E-state index contributed by atoms with van der Waals surface area (Å²) in [5.41, 5.74) is 5.98. The largest absolute Gasteiger partial charge is 0.379 e. The fourth-order valence-corrected chi connectivity index (χ4v) is 2.02. The van der Waals surface area contributed by atoms with Gasteiger partial charge >= 0.3 is 0 Å². The predicted molar refractivity (Wildman–Crippen MR) is 65.9 cm³/mol. The molecule has 3 heteroatoms. The van der Waals surface area contributed by atoms with Crippen molar-refractivity contribution in [3.8, 4) is 0 Å². The van der Waals surface area contributed by atoms with E-state index in [4.69, 9.17) is 10.5 Å². The van der Waals surface area contributed by atoms with E-state index in [1.54, 1.807) is 7.11 Å². The van der Waals surface area contributed by atoms with Crippen LogP contribution in [-0.4, -0.2) is 30.3 Å². The maximum absolute atomic E-state index is 6.00. The molecule has 0 aromatic carbocycles. The smallest absolute Gasteiger partial charge is 0.0623 e. The lowest BCUT2D eigenvalue weighted by Gasteiger charge is -2.24. The summed E-state index contributed by atoms with van der Waals surface area (Å²) >= 11 is 1.95. The first-order valence-corrected chi connectivity index (χ1v) is 6.55. The van der Waals surface area contributed by atoms with Crippen LogP contribution < -0.4 is 5.73 Å². The molecule has 0 aromatic rings. The maximum Gasteiger partial charge on any atom is 0.0623 e. The number of nitrogens with two attached hydrogens (primary N) is 1. The van der Waals surface area contributed by atoms with Crippen LogP contribution in [0.4, 0.5) is 0 Å². The van der Waals surface area contributed by atoms with E-state index in [0.717, 1.165) is 18.6 Å². The van der Waals surface area contributed by atoms with Gasteiger partial charge in [-0.1, -0.05) is 6.92 Å². The number of thioether (sulfide) groups is 1. The molecule has 0 saturated heterocycles. The summed E-state index contributed by atoms with van der Waals surface area (Å²) in [7, 11) is 1.76. The van der Waals surface area contributed by atoms with Crippen LogP contribution in [-0.2, 0) is 4.74 Å². The Hall–Kier alpha value is 0.270. The van der Waals surface area contributed by atoms with Crippen molar-refractivity contribution < 1.29 is 4.74 Å². The van der Waals surface area contributed by atoms with Crippen LogP contribution in [0, 0.1) is 0 Å². The molecule has 0 spiro atoms. The van der Waals surface area contributed by atoms with Crippen LogP contribution in [0.2, 0.25) is 0 Å². The third-order valence-corrected chi connectivity index (χ3v) is 3.71. The van der Waals surface area contributed by atoms with E-state index in [1.165, 1.54) is 12.2 Å². The first kappa shape index (κ1) is 14.3. The molecule has 0 amide bonds. The first-order valence-electron chi connectivity index (χ1n) is 5.40. The van der Waals surface area contributed by atoms with Crippen molar-refractivity contribution in [1.29, 1.82) is 0 Å². The Morgan fingerprint density at radius 1 is 1.43 bits per heavy atom. The van der Waals surface area contributed by atoms with Gasteiger partial charge in [-0.2, -0.15) is 11.8 Å². The van der Waals surface area contributed by atoms with Gasteiger partial charge in [0.2, 0.25) is 0 Å². The van der Waals surface area contributed by atoms with Crippen molar-refractivity contribution in [1.82, 2.24) is 0 Å². The number of hydrogen-bond donors (Lipinski definition) is 1. The van der Waals surface area contributed by atoms with Gasteiger partial charge in [0.05, 0.1) is 5.60 Å². The molecule has 0 heterocycles. The number of rotatable bonds is 8. The molecule has 0 aliphatic carbocycles. The van der Waals surface area contributed by atoms with E-state index in [-0.39, 0.29) is 5.60 Å². The maximum atomic E-state index is 6.00. The third-order valence-electron chi connectivity index (χ3n) is 2.35. The molecule has 86 valence electrons. The summed E-state index contributed by atoms with van der Waals surface area (Å²) < 4.78 is 5.35. The number of methoxy groups -OCH3 is 1. The van der Waals surface area contributed by atoms with Crippen LogP contribution in [0.1, 0.15) is 40.0 Å². The van der Waals surface area contributed by atoms with Crippen molar-refractivity contribution in [3.05, 3.63) is 0 Å². The van der Waals surface area contributed by atoms with Crippen LogP contribution in [0.25, 0.3) is 0 Å². The highest BCUT2D eigenvalue weighted by molar-refractivity contribution is 7.99. The van der Waals surface area contributed by atoms with Crippen LogP contribution in [0.3, 0.4) is 0 Å². The summed E-state index contributed by atoms with van der Waals surface area (Å²) in [6.07, 6.45) is 3.33. The molecule has 0 aliphatic heterocycles. The van der Waals surface area contributed by atoms with Crippen molar-refractivity contribution in [2.24, 2.45) is 5.73 Å². The Kier molecular flexibility index (Phi) is 7.69. The number of ether oxygens (including phenoxy) is 1. The van der Waals surface area contributed by atoms with E-state index in [2.05, 4.69) is 20.8 Å². The normalized spacial score (nSPS) is 14.4. The number of hydrogen-bond acceptors (Lipinski definition) is 3. The molecule has 0 fully saturated rings. The molecule has 0 rings (SSSR count). The van der Waals surface area contributed by atoms with Gasteiger partial charge in [0.1, 0.15) is 0 Å². The van der Waals surface area contributed by atoms with E-state index in [9.17, 15) is 0 Å². The second kappa shape index (κ2) is 7.55. The molecule has 14 heavy (non-hydrogen) atoms. The van der Waals surface area contributed by atoms with Gasteiger partial charge < -0.3 is 10.5 Å².